The number of rotatable bonds is 16. The number of fused-ring (bicyclic) bond motifs is 2. The summed E-state index contributed by atoms with van der Waals surface area (Å²) in [4.78, 5) is 35.3. The van der Waals surface area contributed by atoms with E-state index in [0.29, 0.717) is 75.5 Å². The van der Waals surface area contributed by atoms with Gasteiger partial charge in [0, 0.05) is 43.4 Å². The quantitative estimate of drug-likeness (QED) is 0.132. The zero-order valence-corrected chi connectivity index (χ0v) is 23.0. The van der Waals surface area contributed by atoms with Gasteiger partial charge in [0.1, 0.15) is 0 Å². The lowest BCUT2D eigenvalue weighted by Gasteiger charge is -2.16. The van der Waals surface area contributed by atoms with Crippen molar-refractivity contribution < 1.29 is 28.6 Å². The summed E-state index contributed by atoms with van der Waals surface area (Å²) in [5.41, 5.74) is 0. The Morgan fingerprint density at radius 2 is 1.66 bits per heavy atom. The molecule has 212 valence electrons. The minimum Gasteiger partial charge on any atom is -0.449 e. The van der Waals surface area contributed by atoms with Gasteiger partial charge in [-0.2, -0.15) is 11.8 Å². The summed E-state index contributed by atoms with van der Waals surface area (Å²) in [7, 11) is 0. The van der Waals surface area contributed by atoms with E-state index in [0.717, 1.165) is 50.7 Å². The first kappa shape index (κ1) is 28.8. The maximum absolute atomic E-state index is 12.0. The van der Waals surface area contributed by atoms with Gasteiger partial charge in [0.05, 0.1) is 45.1 Å². The van der Waals surface area contributed by atoms with E-state index < -0.39 is 0 Å². The first-order valence-electron chi connectivity index (χ1n) is 14.1. The second-order valence-electron chi connectivity index (χ2n) is 10.4. The van der Waals surface area contributed by atoms with Crippen LogP contribution in [-0.4, -0.2) is 87.2 Å². The van der Waals surface area contributed by atoms with Gasteiger partial charge in [-0.1, -0.05) is 6.42 Å². The number of hydrogen-bond donors (Lipinski definition) is 4. The van der Waals surface area contributed by atoms with Gasteiger partial charge in [-0.15, -0.1) is 11.8 Å². The van der Waals surface area contributed by atoms with E-state index in [1.54, 1.807) is 0 Å². The number of carbonyl (C=O) groups excluding carboxylic acids is 3. The van der Waals surface area contributed by atoms with Gasteiger partial charge < -0.3 is 35.5 Å². The molecule has 2 saturated heterocycles. The Morgan fingerprint density at radius 3 is 2.39 bits per heavy atom. The van der Waals surface area contributed by atoms with Crippen LogP contribution in [0.5, 0.6) is 0 Å². The summed E-state index contributed by atoms with van der Waals surface area (Å²) in [6.45, 7) is 3.05. The maximum Gasteiger partial charge on any atom is 0.407 e. The monoisotopic (exact) mass is 550 g/mol. The number of nitrogens with one attached hydrogen (secondary N) is 4. The van der Waals surface area contributed by atoms with Crippen LogP contribution in [0.4, 0.5) is 9.59 Å². The van der Waals surface area contributed by atoms with Gasteiger partial charge in [0.15, 0.2) is 0 Å². The molecule has 0 aromatic heterocycles. The van der Waals surface area contributed by atoms with Crippen LogP contribution in [0.2, 0.25) is 0 Å². The maximum atomic E-state index is 12.0. The second kappa shape index (κ2) is 15.4. The molecule has 4 amide bonds. The molecule has 3 fully saturated rings. The minimum atomic E-state index is -0.387. The molecule has 4 N–H and O–H groups in total. The van der Waals surface area contributed by atoms with Crippen molar-refractivity contribution in [1.29, 1.82) is 0 Å². The van der Waals surface area contributed by atoms with Crippen molar-refractivity contribution in [3.8, 4) is 11.8 Å². The van der Waals surface area contributed by atoms with E-state index in [-0.39, 0.29) is 30.1 Å². The molecule has 0 bridgehead atoms. The Labute approximate surface area is 229 Å². The van der Waals surface area contributed by atoms with Crippen LogP contribution in [-0.2, 0) is 19.0 Å². The molecular weight excluding hydrogens is 508 g/mol. The van der Waals surface area contributed by atoms with Gasteiger partial charge in [-0.3, -0.25) is 4.79 Å². The fourth-order valence-corrected chi connectivity index (χ4v) is 7.22. The molecular formula is C27H42N4O6S. The van der Waals surface area contributed by atoms with Crippen molar-refractivity contribution >= 4 is 29.8 Å². The van der Waals surface area contributed by atoms with Crippen LogP contribution in [0.3, 0.4) is 0 Å². The third kappa shape index (κ3) is 9.24. The van der Waals surface area contributed by atoms with Gasteiger partial charge in [0.25, 0.3) is 0 Å². The number of unbranched alkanes of at least 4 members (excludes halogenated alkanes) is 1. The predicted molar refractivity (Wildman–Crippen MR) is 145 cm³/mol. The van der Waals surface area contributed by atoms with Crippen LogP contribution in [0.25, 0.3) is 0 Å². The highest BCUT2D eigenvalue weighted by molar-refractivity contribution is 8.00. The van der Waals surface area contributed by atoms with Gasteiger partial charge in [-0.05, 0) is 43.4 Å². The van der Waals surface area contributed by atoms with Crippen molar-refractivity contribution in [2.75, 3.05) is 51.9 Å². The smallest absolute Gasteiger partial charge is 0.407 e. The van der Waals surface area contributed by atoms with Crippen molar-refractivity contribution in [1.82, 2.24) is 21.3 Å². The highest BCUT2D eigenvalue weighted by Gasteiger charge is 2.49. The molecule has 4 rings (SSSR count). The molecule has 4 aliphatic rings. The number of hydrogen-bond acceptors (Lipinski definition) is 7. The number of alkyl carbamates (subject to hydrolysis) is 1. The topological polar surface area (TPSA) is 127 Å². The third-order valence-electron chi connectivity index (χ3n) is 7.78. The molecule has 38 heavy (non-hydrogen) atoms. The van der Waals surface area contributed by atoms with Crippen LogP contribution < -0.4 is 21.3 Å². The highest BCUT2D eigenvalue weighted by Crippen LogP contribution is 2.52. The first-order chi connectivity index (χ1) is 18.6. The van der Waals surface area contributed by atoms with E-state index in [9.17, 15) is 14.4 Å². The van der Waals surface area contributed by atoms with E-state index in [2.05, 4.69) is 33.1 Å². The lowest BCUT2D eigenvalue weighted by molar-refractivity contribution is -0.121. The molecule has 0 spiro atoms. The average Bonchev–Trinajstić information content (AvgIpc) is 3.16. The molecule has 1 saturated carbocycles. The van der Waals surface area contributed by atoms with Gasteiger partial charge in [-0.25, -0.2) is 9.59 Å². The Bertz CT molecular complexity index is 846. The molecule has 0 aromatic rings. The molecule has 2 heterocycles. The van der Waals surface area contributed by atoms with Crippen molar-refractivity contribution in [3.63, 3.8) is 0 Å². The highest BCUT2D eigenvalue weighted by atomic mass is 32.2. The van der Waals surface area contributed by atoms with E-state index in [1.807, 2.05) is 11.8 Å². The fraction of sp³-hybridized carbons (Fsp3) is 0.815. The summed E-state index contributed by atoms with van der Waals surface area (Å²) >= 11 is 1.90. The van der Waals surface area contributed by atoms with Gasteiger partial charge in [0.2, 0.25) is 5.91 Å². The Hall–Kier alpha value is -2.16. The van der Waals surface area contributed by atoms with Crippen LogP contribution in [0, 0.1) is 29.6 Å². The SMILES string of the molecule is O=C(CCCCC1SCC2NC(=O)NC21)NCCOCCOCCNC(=O)OCC1C2CCC#CCCC21. The third-order valence-corrected chi connectivity index (χ3v) is 9.29. The molecule has 0 radical (unpaired) electrons. The summed E-state index contributed by atoms with van der Waals surface area (Å²) < 4.78 is 16.3. The lowest BCUT2D eigenvalue weighted by Crippen LogP contribution is -2.36. The predicted octanol–water partition coefficient (Wildman–Crippen LogP) is 2.03. The number of ether oxygens (including phenoxy) is 3. The number of amides is 4. The fourth-order valence-electron chi connectivity index (χ4n) is 5.68. The molecule has 0 aromatic carbocycles. The van der Waals surface area contributed by atoms with Crippen molar-refractivity contribution in [2.45, 2.75) is 68.7 Å². The molecule has 11 heteroatoms. The second-order valence-corrected chi connectivity index (χ2v) is 11.7. The number of urea groups is 1. The molecule has 5 atom stereocenters. The zero-order valence-electron chi connectivity index (χ0n) is 22.1. The normalized spacial score (nSPS) is 28.9. The summed E-state index contributed by atoms with van der Waals surface area (Å²) in [5.74, 6) is 9.22. The number of carbonyl (C=O) groups is 3. The molecule has 5 unspecified atom stereocenters. The summed E-state index contributed by atoms with van der Waals surface area (Å²) in [6, 6.07) is 0.414. The largest absolute Gasteiger partial charge is 0.449 e. The number of thioether (sulfide) groups is 1. The van der Waals surface area contributed by atoms with E-state index in [4.69, 9.17) is 14.2 Å². The summed E-state index contributed by atoms with van der Waals surface area (Å²) in [5, 5.41) is 12.0. The van der Waals surface area contributed by atoms with Crippen molar-refractivity contribution in [3.05, 3.63) is 0 Å². The zero-order chi connectivity index (χ0) is 26.6. The molecule has 2 aliphatic carbocycles. The Balaban J connectivity index is 0.881. The molecule has 10 nitrogen and oxygen atoms in total. The van der Waals surface area contributed by atoms with E-state index in [1.165, 1.54) is 0 Å². The Kier molecular flexibility index (Phi) is 11.7. The van der Waals surface area contributed by atoms with Gasteiger partial charge >= 0.3 is 12.1 Å². The lowest BCUT2D eigenvalue weighted by atomic mass is 10.0. The first-order valence-corrected chi connectivity index (χ1v) is 15.1. The summed E-state index contributed by atoms with van der Waals surface area (Å²) in [6.07, 6.45) is 7.12. The van der Waals surface area contributed by atoms with Crippen molar-refractivity contribution in [2.24, 2.45) is 17.8 Å². The van der Waals surface area contributed by atoms with Crippen LogP contribution in [0.1, 0.15) is 51.4 Å². The van der Waals surface area contributed by atoms with Crippen LogP contribution in [0.15, 0.2) is 0 Å². The molecule has 2 aliphatic heterocycles. The standard InChI is InChI=1S/C27H42N4O6S/c32-24(10-6-5-9-23-25-22(18-38-23)30-26(33)31-25)28-11-13-35-15-16-36-14-12-29-27(34)37-17-21-19-7-3-1-2-4-8-20(19)21/h19-23,25H,3-18H2,(H,28,32)(H,29,34)(H2,30,31,33). The minimum absolute atomic E-state index is 0.0380. The van der Waals surface area contributed by atoms with E-state index >= 15 is 0 Å². The Morgan fingerprint density at radius 1 is 0.947 bits per heavy atom. The van der Waals surface area contributed by atoms with Crippen LogP contribution >= 0.6 is 11.8 Å². The average molecular weight is 551 g/mol.